The normalized spacial score (nSPS) is 12.8. The number of aromatic nitrogens is 2. The summed E-state index contributed by atoms with van der Waals surface area (Å²) in [6.07, 6.45) is 3.51. The average molecular weight is 242 g/mol. The van der Waals surface area contributed by atoms with Crippen LogP contribution in [0.25, 0.3) is 0 Å². The predicted octanol–water partition coefficient (Wildman–Crippen LogP) is 2.20. The number of nitrogens with zero attached hydrogens (tertiary/aromatic N) is 2. The van der Waals surface area contributed by atoms with E-state index in [1.807, 2.05) is 13.8 Å². The summed E-state index contributed by atoms with van der Waals surface area (Å²) < 4.78 is 1.59. The Morgan fingerprint density at radius 2 is 2.38 bits per heavy atom. The summed E-state index contributed by atoms with van der Waals surface area (Å²) in [6, 6.07) is -0.536. The maximum absolute atomic E-state index is 12.0. The van der Waals surface area contributed by atoms with Gasteiger partial charge < -0.3 is 5.73 Å². The van der Waals surface area contributed by atoms with Gasteiger partial charge in [-0.1, -0.05) is 17.7 Å². The van der Waals surface area contributed by atoms with Gasteiger partial charge in [-0.05, 0) is 20.3 Å². The molecule has 1 heterocycles. The van der Waals surface area contributed by atoms with Crippen LogP contribution < -0.4 is 5.73 Å². The van der Waals surface area contributed by atoms with Gasteiger partial charge in [-0.25, -0.2) is 0 Å². The SMILES string of the molecule is C=CCC(N)C(=O)c1c(Cl)cnn1C(C)C. The zero-order valence-corrected chi connectivity index (χ0v) is 10.2. The molecular formula is C11H16ClN3O. The van der Waals surface area contributed by atoms with Crippen molar-refractivity contribution in [3.63, 3.8) is 0 Å². The molecule has 5 heteroatoms. The highest BCUT2D eigenvalue weighted by Gasteiger charge is 2.23. The second-order valence-electron chi connectivity index (χ2n) is 3.87. The van der Waals surface area contributed by atoms with E-state index in [0.29, 0.717) is 17.1 Å². The summed E-state index contributed by atoms with van der Waals surface area (Å²) >= 11 is 5.94. The molecule has 0 saturated heterocycles. The van der Waals surface area contributed by atoms with Crippen LogP contribution in [0, 0.1) is 0 Å². The molecule has 88 valence electrons. The highest BCUT2D eigenvalue weighted by molar-refractivity contribution is 6.33. The molecular weight excluding hydrogens is 226 g/mol. The minimum atomic E-state index is -0.607. The molecule has 2 N–H and O–H groups in total. The Labute approximate surface area is 100 Å². The summed E-state index contributed by atoms with van der Waals surface area (Å²) in [6.45, 7) is 7.42. The molecule has 0 aliphatic carbocycles. The van der Waals surface area contributed by atoms with E-state index in [2.05, 4.69) is 11.7 Å². The number of hydrogen-bond donors (Lipinski definition) is 1. The van der Waals surface area contributed by atoms with Crippen LogP contribution in [0.15, 0.2) is 18.9 Å². The Balaban J connectivity index is 3.06. The number of Topliss-reactive ketones (excluding diaryl/α,β-unsaturated/α-hetero) is 1. The van der Waals surface area contributed by atoms with Crippen LogP contribution in [-0.2, 0) is 0 Å². The van der Waals surface area contributed by atoms with Crippen molar-refractivity contribution < 1.29 is 4.79 Å². The van der Waals surface area contributed by atoms with Crippen molar-refractivity contribution >= 4 is 17.4 Å². The van der Waals surface area contributed by atoms with Crippen LogP contribution in [0.4, 0.5) is 0 Å². The summed E-state index contributed by atoms with van der Waals surface area (Å²) in [4.78, 5) is 12.0. The minimum Gasteiger partial charge on any atom is -0.321 e. The number of rotatable bonds is 5. The molecule has 0 fully saturated rings. The van der Waals surface area contributed by atoms with Gasteiger partial charge in [0, 0.05) is 6.04 Å². The number of carbonyl (C=O) groups is 1. The first-order valence-electron chi connectivity index (χ1n) is 5.12. The van der Waals surface area contributed by atoms with Gasteiger partial charge in [-0.2, -0.15) is 5.10 Å². The van der Waals surface area contributed by atoms with Crippen molar-refractivity contribution in [3.05, 3.63) is 29.6 Å². The molecule has 0 saturated carbocycles. The molecule has 0 bridgehead atoms. The van der Waals surface area contributed by atoms with Crippen molar-refractivity contribution in [2.45, 2.75) is 32.4 Å². The van der Waals surface area contributed by atoms with E-state index in [4.69, 9.17) is 17.3 Å². The lowest BCUT2D eigenvalue weighted by Crippen LogP contribution is -2.32. The Bertz CT molecular complexity index is 398. The molecule has 1 atom stereocenters. The number of hydrogen-bond acceptors (Lipinski definition) is 3. The first-order chi connectivity index (χ1) is 7.49. The summed E-state index contributed by atoms with van der Waals surface area (Å²) in [5.74, 6) is -0.198. The lowest BCUT2D eigenvalue weighted by Gasteiger charge is -2.13. The largest absolute Gasteiger partial charge is 0.321 e. The van der Waals surface area contributed by atoms with Gasteiger partial charge in [0.05, 0.1) is 17.3 Å². The van der Waals surface area contributed by atoms with E-state index >= 15 is 0 Å². The Morgan fingerprint density at radius 1 is 1.75 bits per heavy atom. The van der Waals surface area contributed by atoms with Crippen molar-refractivity contribution in [2.75, 3.05) is 0 Å². The first kappa shape index (κ1) is 12.9. The smallest absolute Gasteiger partial charge is 0.199 e. The molecule has 16 heavy (non-hydrogen) atoms. The Morgan fingerprint density at radius 3 is 2.88 bits per heavy atom. The van der Waals surface area contributed by atoms with Gasteiger partial charge in [0.2, 0.25) is 0 Å². The molecule has 1 unspecified atom stereocenters. The third-order valence-electron chi connectivity index (χ3n) is 2.23. The molecule has 0 radical (unpaired) electrons. The van der Waals surface area contributed by atoms with Gasteiger partial charge in [-0.15, -0.1) is 6.58 Å². The Hall–Kier alpha value is -1.13. The van der Waals surface area contributed by atoms with Crippen LogP contribution in [0.1, 0.15) is 36.8 Å². The van der Waals surface area contributed by atoms with Gasteiger partial charge in [0.1, 0.15) is 5.69 Å². The summed E-state index contributed by atoms with van der Waals surface area (Å²) in [5, 5.41) is 4.41. The summed E-state index contributed by atoms with van der Waals surface area (Å²) in [5.41, 5.74) is 6.12. The number of ketones is 1. The molecule has 1 rings (SSSR count). The first-order valence-corrected chi connectivity index (χ1v) is 5.50. The standard InChI is InChI=1S/C11H16ClN3O/c1-4-5-9(13)11(16)10-8(12)6-14-15(10)7(2)3/h4,6-7,9H,1,5,13H2,2-3H3. The van der Waals surface area contributed by atoms with Crippen LogP contribution in [0.2, 0.25) is 5.02 Å². The van der Waals surface area contributed by atoms with Crippen molar-refractivity contribution in [2.24, 2.45) is 5.73 Å². The Kier molecular flexibility index (Phi) is 4.26. The quantitative estimate of drug-likeness (QED) is 0.635. The summed E-state index contributed by atoms with van der Waals surface area (Å²) in [7, 11) is 0. The molecule has 0 aliphatic rings. The molecule has 0 amide bonds. The average Bonchev–Trinajstić information content (AvgIpc) is 2.59. The number of nitrogens with two attached hydrogens (primary N) is 1. The van der Waals surface area contributed by atoms with Gasteiger partial charge in [0.15, 0.2) is 5.78 Å². The van der Waals surface area contributed by atoms with Crippen LogP contribution >= 0.6 is 11.6 Å². The molecule has 0 aliphatic heterocycles. The highest BCUT2D eigenvalue weighted by Crippen LogP contribution is 2.20. The third kappa shape index (κ3) is 2.51. The van der Waals surface area contributed by atoms with E-state index < -0.39 is 6.04 Å². The zero-order valence-electron chi connectivity index (χ0n) is 9.48. The van der Waals surface area contributed by atoms with Crippen LogP contribution in [0.3, 0.4) is 0 Å². The maximum Gasteiger partial charge on any atom is 0.199 e. The fourth-order valence-electron chi connectivity index (χ4n) is 1.43. The predicted molar refractivity (Wildman–Crippen MR) is 64.7 cm³/mol. The van der Waals surface area contributed by atoms with E-state index in [1.165, 1.54) is 6.20 Å². The zero-order chi connectivity index (χ0) is 12.3. The molecule has 0 aromatic carbocycles. The number of carbonyl (C=O) groups excluding carboxylic acids is 1. The number of halogens is 1. The maximum atomic E-state index is 12.0. The molecule has 4 nitrogen and oxygen atoms in total. The second-order valence-corrected chi connectivity index (χ2v) is 4.28. The van der Waals surface area contributed by atoms with E-state index in [1.54, 1.807) is 10.8 Å². The van der Waals surface area contributed by atoms with E-state index in [-0.39, 0.29) is 11.8 Å². The highest BCUT2D eigenvalue weighted by atomic mass is 35.5. The van der Waals surface area contributed by atoms with E-state index in [0.717, 1.165) is 0 Å². The fourth-order valence-corrected chi connectivity index (χ4v) is 1.65. The fraction of sp³-hybridized carbons (Fsp3) is 0.455. The second kappa shape index (κ2) is 5.27. The lowest BCUT2D eigenvalue weighted by molar-refractivity contribution is 0.0949. The van der Waals surface area contributed by atoms with Gasteiger partial charge in [0.25, 0.3) is 0 Å². The van der Waals surface area contributed by atoms with Gasteiger partial charge >= 0.3 is 0 Å². The molecule has 1 aromatic rings. The monoisotopic (exact) mass is 241 g/mol. The van der Waals surface area contributed by atoms with Gasteiger partial charge in [-0.3, -0.25) is 9.48 Å². The molecule has 0 spiro atoms. The van der Waals surface area contributed by atoms with Crippen molar-refractivity contribution in [1.82, 2.24) is 9.78 Å². The minimum absolute atomic E-state index is 0.0716. The lowest BCUT2D eigenvalue weighted by atomic mass is 10.1. The van der Waals surface area contributed by atoms with Crippen molar-refractivity contribution in [1.29, 1.82) is 0 Å². The van der Waals surface area contributed by atoms with E-state index in [9.17, 15) is 4.79 Å². The third-order valence-corrected chi connectivity index (χ3v) is 2.51. The van der Waals surface area contributed by atoms with Crippen LogP contribution in [0.5, 0.6) is 0 Å². The molecule has 1 aromatic heterocycles. The topological polar surface area (TPSA) is 60.9 Å². The van der Waals surface area contributed by atoms with Crippen LogP contribution in [-0.4, -0.2) is 21.6 Å². The van der Waals surface area contributed by atoms with Crippen molar-refractivity contribution in [3.8, 4) is 0 Å².